The van der Waals surface area contributed by atoms with E-state index >= 15 is 0 Å². The highest BCUT2D eigenvalue weighted by Crippen LogP contribution is 2.20. The highest BCUT2D eigenvalue weighted by molar-refractivity contribution is 6.33. The maximum Gasteiger partial charge on any atom is 0.319 e. The Morgan fingerprint density at radius 3 is 2.64 bits per heavy atom. The molecule has 0 aliphatic carbocycles. The van der Waals surface area contributed by atoms with Gasteiger partial charge >= 0.3 is 6.03 Å². The highest BCUT2D eigenvalue weighted by atomic mass is 35.5. The Balaban J connectivity index is 0.00000280. The summed E-state index contributed by atoms with van der Waals surface area (Å²) in [6.45, 7) is 0.711. The molecule has 1 fully saturated rings. The Hall–Kier alpha value is -2.32. The molecule has 9 heteroatoms. The number of β-amino-alcohol motifs (C(OH)–C–C–N with tert-alkyl or cyclic N) is 1. The average molecular weight is 425 g/mol. The first-order valence-electron chi connectivity index (χ1n) is 8.62. The average Bonchev–Trinajstić information content (AvgIpc) is 3.09. The number of aliphatic hydroxyl groups is 1. The first-order valence-corrected chi connectivity index (χ1v) is 8.99. The summed E-state index contributed by atoms with van der Waals surface area (Å²) in [4.78, 5) is 24.2. The minimum atomic E-state index is -0.493. The van der Waals surface area contributed by atoms with Crippen molar-refractivity contribution in [1.29, 1.82) is 0 Å². The molecule has 0 aromatic heterocycles. The van der Waals surface area contributed by atoms with Crippen molar-refractivity contribution in [3.8, 4) is 0 Å². The summed E-state index contributed by atoms with van der Waals surface area (Å²) in [5, 5.41) is 21.2. The van der Waals surface area contributed by atoms with Gasteiger partial charge in [0.2, 0.25) is 5.91 Å². The summed E-state index contributed by atoms with van der Waals surface area (Å²) in [5.74, 6) is -0.187. The number of carbonyl (C=O) groups excluding carboxylic acids is 2. The van der Waals surface area contributed by atoms with Gasteiger partial charge in [-0.1, -0.05) is 35.9 Å². The van der Waals surface area contributed by atoms with Gasteiger partial charge in [0.1, 0.15) is 0 Å². The Bertz CT molecular complexity index is 834. The lowest BCUT2D eigenvalue weighted by atomic mass is 10.1. The van der Waals surface area contributed by atoms with E-state index in [1.807, 2.05) is 6.07 Å². The van der Waals surface area contributed by atoms with E-state index in [0.717, 1.165) is 5.56 Å². The van der Waals surface area contributed by atoms with E-state index in [-0.39, 0.29) is 24.3 Å². The zero-order chi connectivity index (χ0) is 19.2. The van der Waals surface area contributed by atoms with Crippen molar-refractivity contribution in [2.24, 2.45) is 0 Å². The van der Waals surface area contributed by atoms with E-state index < -0.39 is 12.1 Å². The van der Waals surface area contributed by atoms with Gasteiger partial charge in [-0.25, -0.2) is 4.79 Å². The molecule has 28 heavy (non-hydrogen) atoms. The number of hydrogen-bond donors (Lipinski definition) is 5. The van der Waals surface area contributed by atoms with Crippen LogP contribution in [0.1, 0.15) is 12.0 Å². The summed E-state index contributed by atoms with van der Waals surface area (Å²) in [5.41, 5.74) is 2.00. The molecule has 1 aliphatic rings. The van der Waals surface area contributed by atoms with Crippen LogP contribution in [0.5, 0.6) is 0 Å². The van der Waals surface area contributed by atoms with Crippen molar-refractivity contribution in [3.63, 3.8) is 0 Å². The fourth-order valence-corrected chi connectivity index (χ4v) is 3.00. The van der Waals surface area contributed by atoms with Crippen LogP contribution in [0.15, 0.2) is 48.5 Å². The molecular weight excluding hydrogens is 403 g/mol. The fraction of sp³-hybridized carbons (Fsp3) is 0.263. The normalized spacial score (nSPS) is 18.1. The third-order valence-corrected chi connectivity index (χ3v) is 4.52. The summed E-state index contributed by atoms with van der Waals surface area (Å²) < 4.78 is 0. The molecule has 0 spiro atoms. The van der Waals surface area contributed by atoms with Crippen LogP contribution in [0.25, 0.3) is 0 Å². The second kappa shape index (κ2) is 10.3. The Morgan fingerprint density at radius 1 is 1.14 bits per heavy atom. The number of benzene rings is 2. The van der Waals surface area contributed by atoms with Crippen molar-refractivity contribution in [1.82, 2.24) is 10.6 Å². The summed E-state index contributed by atoms with van der Waals surface area (Å²) in [6, 6.07) is 13.4. The van der Waals surface area contributed by atoms with Crippen molar-refractivity contribution >= 4 is 47.3 Å². The number of nitrogens with one attached hydrogen (secondary N) is 4. The molecule has 1 saturated heterocycles. The maximum absolute atomic E-state index is 12.2. The number of urea groups is 1. The lowest BCUT2D eigenvalue weighted by Crippen LogP contribution is -2.35. The predicted molar refractivity (Wildman–Crippen MR) is 112 cm³/mol. The topological polar surface area (TPSA) is 102 Å². The van der Waals surface area contributed by atoms with Gasteiger partial charge in [-0.15, -0.1) is 12.4 Å². The number of hydrogen-bond acceptors (Lipinski definition) is 4. The van der Waals surface area contributed by atoms with E-state index in [0.29, 0.717) is 35.9 Å². The molecule has 3 amide bonds. The van der Waals surface area contributed by atoms with Crippen molar-refractivity contribution in [3.05, 3.63) is 59.1 Å². The SMILES string of the molecule is Cl.O=C(NCc1cccc(NC(=O)C2CC(O)CN2)c1)Nc1ccccc1Cl. The van der Waals surface area contributed by atoms with Gasteiger partial charge in [0.05, 0.1) is 22.9 Å². The van der Waals surface area contributed by atoms with Gasteiger partial charge in [0.15, 0.2) is 0 Å². The van der Waals surface area contributed by atoms with E-state index in [4.69, 9.17) is 11.6 Å². The van der Waals surface area contributed by atoms with Crippen LogP contribution < -0.4 is 21.3 Å². The zero-order valence-electron chi connectivity index (χ0n) is 14.9. The summed E-state index contributed by atoms with van der Waals surface area (Å²) >= 11 is 6.01. The van der Waals surface area contributed by atoms with Gasteiger partial charge in [-0.05, 0) is 36.2 Å². The van der Waals surface area contributed by atoms with E-state index in [1.54, 1.807) is 42.5 Å². The molecule has 150 valence electrons. The Kier molecular flexibility index (Phi) is 8.07. The summed E-state index contributed by atoms with van der Waals surface area (Å²) in [6.07, 6.45) is -0.0946. The molecule has 1 heterocycles. The third-order valence-electron chi connectivity index (χ3n) is 4.19. The molecular formula is C19H22Cl2N4O3. The number of anilines is 2. The molecule has 0 saturated carbocycles. The molecule has 3 rings (SSSR count). The third kappa shape index (κ3) is 6.10. The van der Waals surface area contributed by atoms with Gasteiger partial charge in [-0.3, -0.25) is 4.79 Å². The van der Waals surface area contributed by atoms with Crippen LogP contribution in [-0.4, -0.2) is 35.7 Å². The zero-order valence-corrected chi connectivity index (χ0v) is 16.5. The first-order chi connectivity index (χ1) is 13.0. The maximum atomic E-state index is 12.2. The largest absolute Gasteiger partial charge is 0.392 e. The van der Waals surface area contributed by atoms with Crippen molar-refractivity contribution in [2.45, 2.75) is 25.1 Å². The number of halogens is 2. The minimum absolute atomic E-state index is 0. The lowest BCUT2D eigenvalue weighted by molar-refractivity contribution is -0.117. The van der Waals surface area contributed by atoms with Crippen LogP contribution in [0.3, 0.4) is 0 Å². The fourth-order valence-electron chi connectivity index (χ4n) is 2.82. The van der Waals surface area contributed by atoms with Crippen LogP contribution >= 0.6 is 24.0 Å². The second-order valence-electron chi connectivity index (χ2n) is 6.33. The second-order valence-corrected chi connectivity index (χ2v) is 6.73. The molecule has 0 radical (unpaired) electrons. The van der Waals surface area contributed by atoms with Crippen LogP contribution in [0, 0.1) is 0 Å². The van der Waals surface area contributed by atoms with Gasteiger partial charge in [0, 0.05) is 18.8 Å². The monoisotopic (exact) mass is 424 g/mol. The number of aliphatic hydroxyl groups excluding tert-OH is 1. The summed E-state index contributed by atoms with van der Waals surface area (Å²) in [7, 11) is 0. The molecule has 0 bridgehead atoms. The molecule has 2 unspecified atom stereocenters. The number of para-hydroxylation sites is 1. The van der Waals surface area contributed by atoms with Crippen LogP contribution in [0.4, 0.5) is 16.2 Å². The smallest absolute Gasteiger partial charge is 0.319 e. The van der Waals surface area contributed by atoms with Crippen molar-refractivity contribution in [2.75, 3.05) is 17.2 Å². The van der Waals surface area contributed by atoms with Gasteiger partial charge in [0.25, 0.3) is 0 Å². The van der Waals surface area contributed by atoms with Gasteiger partial charge in [-0.2, -0.15) is 0 Å². The molecule has 5 N–H and O–H groups in total. The van der Waals surface area contributed by atoms with E-state index in [1.165, 1.54) is 0 Å². The molecule has 1 aliphatic heterocycles. The lowest BCUT2D eigenvalue weighted by Gasteiger charge is -2.12. The molecule has 2 aromatic carbocycles. The Morgan fingerprint density at radius 2 is 1.93 bits per heavy atom. The Labute approximate surface area is 174 Å². The molecule has 2 aromatic rings. The number of rotatable bonds is 5. The number of carbonyl (C=O) groups is 2. The van der Waals surface area contributed by atoms with Crippen LogP contribution in [0.2, 0.25) is 5.02 Å². The van der Waals surface area contributed by atoms with E-state index in [9.17, 15) is 14.7 Å². The van der Waals surface area contributed by atoms with Crippen LogP contribution in [-0.2, 0) is 11.3 Å². The molecule has 7 nitrogen and oxygen atoms in total. The number of amides is 3. The van der Waals surface area contributed by atoms with Crippen molar-refractivity contribution < 1.29 is 14.7 Å². The van der Waals surface area contributed by atoms with Gasteiger partial charge < -0.3 is 26.4 Å². The highest BCUT2D eigenvalue weighted by Gasteiger charge is 2.27. The quantitative estimate of drug-likeness (QED) is 0.509. The van der Waals surface area contributed by atoms with E-state index in [2.05, 4.69) is 21.3 Å². The standard InChI is InChI=1S/C19H21ClN4O3.ClH/c20-15-6-1-2-7-16(15)24-19(27)22-10-12-4-3-5-13(8-12)23-18(26)17-9-14(25)11-21-17;/h1-8,14,17,21,25H,9-11H2,(H,23,26)(H2,22,24,27);1H. The predicted octanol–water partition coefficient (Wildman–Crippen LogP) is 2.74. The minimum Gasteiger partial charge on any atom is -0.392 e. The first kappa shape index (κ1) is 22.0. The molecule has 2 atom stereocenters.